The Bertz CT molecular complexity index is 3530. The number of fused-ring (bicyclic) bond motifs is 9. The van der Waals surface area contributed by atoms with Crippen molar-refractivity contribution in [2.45, 2.75) is 0 Å². The molecular weight excluding hydrogens is 733 g/mol. The molecule has 4 nitrogen and oxygen atoms in total. The molecule has 0 spiro atoms. The number of hydrogen-bond acceptors (Lipinski definition) is 5. The molecule has 12 aromatic rings. The van der Waals surface area contributed by atoms with Crippen molar-refractivity contribution in [2.24, 2.45) is 0 Å². The summed E-state index contributed by atoms with van der Waals surface area (Å²) in [6.07, 6.45) is 0. The Morgan fingerprint density at radius 2 is 0.930 bits per heavy atom. The Labute approximate surface area is 335 Å². The molecule has 0 bridgehead atoms. The van der Waals surface area contributed by atoms with Gasteiger partial charge in [-0.15, -0.1) is 22.7 Å². The molecule has 0 amide bonds. The summed E-state index contributed by atoms with van der Waals surface area (Å²) >= 11 is 3.63. The fourth-order valence-corrected chi connectivity index (χ4v) is 10.7. The van der Waals surface area contributed by atoms with Gasteiger partial charge in [-0.1, -0.05) is 121 Å². The molecule has 0 aliphatic rings. The smallest absolute Gasteiger partial charge is 0.164 e. The van der Waals surface area contributed by atoms with Crippen LogP contribution in [0.2, 0.25) is 0 Å². The number of para-hydroxylation sites is 2. The molecule has 4 heterocycles. The van der Waals surface area contributed by atoms with E-state index in [2.05, 4.69) is 168 Å². The predicted octanol–water partition coefficient (Wildman–Crippen LogP) is 14.4. The van der Waals surface area contributed by atoms with E-state index >= 15 is 0 Å². The van der Waals surface area contributed by atoms with Crippen LogP contribution in [0.25, 0.3) is 113 Å². The van der Waals surface area contributed by atoms with Gasteiger partial charge >= 0.3 is 0 Å². The Morgan fingerprint density at radius 1 is 0.333 bits per heavy atom. The van der Waals surface area contributed by atoms with Crippen LogP contribution in [-0.4, -0.2) is 19.5 Å². The SMILES string of the molecule is c1ccc(-c2nc(-c3ccc4c(c3)sc3cccc(-c5ccc6c7ccccc7n(-c7ccccc7)c6c5)c34)nc(-c3ccc4sc5ccccc5c4c3)n2)cc1. The van der Waals surface area contributed by atoms with E-state index in [1.54, 1.807) is 0 Å². The van der Waals surface area contributed by atoms with Crippen LogP contribution in [0.5, 0.6) is 0 Å². The number of benzene rings is 8. The van der Waals surface area contributed by atoms with Gasteiger partial charge in [0, 0.05) is 73.5 Å². The highest BCUT2D eigenvalue weighted by atomic mass is 32.1. The molecule has 0 N–H and O–H groups in total. The standard InChI is InChI=1S/C51H30N4S2/c1-3-12-31(13-4-1)49-52-50(33-24-27-45-41(28-33)39-17-8-10-20-44(39)56-45)54-51(53-49)34-23-26-40-47(30-34)57-46-21-11-18-36(48(40)46)32-22-25-38-37-16-7-9-19-42(37)55(43(38)29-32)35-14-5-2-6-15-35/h1-30H. The monoisotopic (exact) mass is 762 g/mol. The summed E-state index contributed by atoms with van der Waals surface area (Å²) in [5, 5.41) is 7.48. The lowest BCUT2D eigenvalue weighted by molar-refractivity contribution is 1.08. The minimum Gasteiger partial charge on any atom is -0.309 e. The lowest BCUT2D eigenvalue weighted by Crippen LogP contribution is -2.00. The van der Waals surface area contributed by atoms with Crippen molar-refractivity contribution in [3.63, 3.8) is 0 Å². The van der Waals surface area contributed by atoms with E-state index in [-0.39, 0.29) is 0 Å². The van der Waals surface area contributed by atoms with Crippen molar-refractivity contribution in [1.82, 2.24) is 19.5 Å². The van der Waals surface area contributed by atoms with Gasteiger partial charge < -0.3 is 4.57 Å². The summed E-state index contributed by atoms with van der Waals surface area (Å²) in [4.78, 5) is 15.3. The predicted molar refractivity (Wildman–Crippen MR) is 242 cm³/mol. The quantitative estimate of drug-likeness (QED) is 0.175. The topological polar surface area (TPSA) is 43.6 Å². The Balaban J connectivity index is 1.01. The first-order valence-electron chi connectivity index (χ1n) is 19.0. The Kier molecular flexibility index (Phi) is 7.24. The second kappa shape index (κ2) is 12.8. The second-order valence-electron chi connectivity index (χ2n) is 14.4. The Hall–Kier alpha value is -6.99. The molecule has 8 aromatic carbocycles. The van der Waals surface area contributed by atoms with Crippen LogP contribution in [0.3, 0.4) is 0 Å². The first kappa shape index (κ1) is 32.3. The molecular formula is C51H30N4S2. The fraction of sp³-hybridized carbons (Fsp3) is 0. The van der Waals surface area contributed by atoms with Crippen molar-refractivity contribution >= 4 is 84.8 Å². The van der Waals surface area contributed by atoms with Gasteiger partial charge in [0.1, 0.15) is 0 Å². The summed E-state index contributed by atoms with van der Waals surface area (Å²) in [6.45, 7) is 0. The van der Waals surface area contributed by atoms with Crippen LogP contribution >= 0.6 is 22.7 Å². The summed E-state index contributed by atoms with van der Waals surface area (Å²) < 4.78 is 7.37. The van der Waals surface area contributed by atoms with Gasteiger partial charge in [0.05, 0.1) is 11.0 Å². The van der Waals surface area contributed by atoms with Gasteiger partial charge in [-0.3, -0.25) is 0 Å². The average molecular weight is 763 g/mol. The van der Waals surface area contributed by atoms with Crippen molar-refractivity contribution < 1.29 is 0 Å². The lowest BCUT2D eigenvalue weighted by atomic mass is 9.98. The molecule has 266 valence electrons. The maximum atomic E-state index is 5.16. The average Bonchev–Trinajstić information content (AvgIpc) is 3.95. The van der Waals surface area contributed by atoms with Gasteiger partial charge in [0.2, 0.25) is 0 Å². The van der Waals surface area contributed by atoms with E-state index in [1.807, 2.05) is 40.9 Å². The second-order valence-corrected chi connectivity index (χ2v) is 16.6. The van der Waals surface area contributed by atoms with Gasteiger partial charge in [-0.25, -0.2) is 15.0 Å². The molecule has 0 aliphatic carbocycles. The number of nitrogens with zero attached hydrogens (tertiary/aromatic N) is 4. The van der Waals surface area contributed by atoms with Crippen LogP contribution in [0.4, 0.5) is 0 Å². The third-order valence-corrected chi connectivity index (χ3v) is 13.3. The number of rotatable bonds is 5. The third-order valence-electron chi connectivity index (χ3n) is 11.1. The van der Waals surface area contributed by atoms with Crippen LogP contribution in [-0.2, 0) is 0 Å². The fourth-order valence-electron chi connectivity index (χ4n) is 8.41. The van der Waals surface area contributed by atoms with Crippen LogP contribution in [0.1, 0.15) is 0 Å². The van der Waals surface area contributed by atoms with Gasteiger partial charge in [-0.05, 0) is 71.8 Å². The molecule has 4 aromatic heterocycles. The van der Waals surface area contributed by atoms with Crippen molar-refractivity contribution in [3.05, 3.63) is 182 Å². The van der Waals surface area contributed by atoms with Crippen LogP contribution in [0, 0.1) is 0 Å². The molecule has 0 saturated carbocycles. The van der Waals surface area contributed by atoms with Crippen LogP contribution < -0.4 is 0 Å². The van der Waals surface area contributed by atoms with E-state index in [0.29, 0.717) is 17.5 Å². The zero-order valence-electron chi connectivity index (χ0n) is 30.4. The van der Waals surface area contributed by atoms with Crippen molar-refractivity contribution in [2.75, 3.05) is 0 Å². The van der Waals surface area contributed by atoms with Gasteiger partial charge in [0.25, 0.3) is 0 Å². The number of aromatic nitrogens is 4. The molecule has 6 heteroatoms. The van der Waals surface area contributed by atoms with E-state index < -0.39 is 0 Å². The third kappa shape index (κ3) is 5.22. The molecule has 0 unspecified atom stereocenters. The first-order valence-corrected chi connectivity index (χ1v) is 20.6. The minimum atomic E-state index is 0.660. The Morgan fingerprint density at radius 3 is 1.77 bits per heavy atom. The molecule has 0 radical (unpaired) electrons. The highest BCUT2D eigenvalue weighted by molar-refractivity contribution is 7.26. The summed E-state index contributed by atoms with van der Waals surface area (Å²) in [5.74, 6) is 1.99. The zero-order chi connectivity index (χ0) is 37.5. The van der Waals surface area contributed by atoms with E-state index in [0.717, 1.165) is 22.4 Å². The number of hydrogen-bond donors (Lipinski definition) is 0. The first-order chi connectivity index (χ1) is 28.2. The summed E-state index contributed by atoms with van der Waals surface area (Å²) in [7, 11) is 0. The molecule has 57 heavy (non-hydrogen) atoms. The van der Waals surface area contributed by atoms with Crippen molar-refractivity contribution in [3.8, 4) is 51.0 Å². The lowest BCUT2D eigenvalue weighted by Gasteiger charge is -2.10. The molecule has 0 aliphatic heterocycles. The highest BCUT2D eigenvalue weighted by Gasteiger charge is 2.18. The molecule has 0 saturated heterocycles. The largest absolute Gasteiger partial charge is 0.309 e. The normalized spacial score (nSPS) is 11.9. The maximum Gasteiger partial charge on any atom is 0.164 e. The number of thiophene rings is 2. The molecule has 0 fully saturated rings. The maximum absolute atomic E-state index is 5.16. The molecule has 12 rings (SSSR count). The highest BCUT2D eigenvalue weighted by Crippen LogP contribution is 2.43. The van der Waals surface area contributed by atoms with Crippen molar-refractivity contribution in [1.29, 1.82) is 0 Å². The van der Waals surface area contributed by atoms with Gasteiger partial charge in [-0.2, -0.15) is 0 Å². The molecule has 0 atom stereocenters. The van der Waals surface area contributed by atoms with Crippen LogP contribution in [0.15, 0.2) is 182 Å². The van der Waals surface area contributed by atoms with E-state index in [9.17, 15) is 0 Å². The van der Waals surface area contributed by atoms with Gasteiger partial charge in [0.15, 0.2) is 17.5 Å². The summed E-state index contributed by atoms with van der Waals surface area (Å²) in [5.41, 5.74) is 8.88. The minimum absolute atomic E-state index is 0.660. The summed E-state index contributed by atoms with van der Waals surface area (Å²) in [6, 6.07) is 65.0. The zero-order valence-corrected chi connectivity index (χ0v) is 32.1. The van der Waals surface area contributed by atoms with E-state index in [4.69, 9.17) is 15.0 Å². The van der Waals surface area contributed by atoms with E-state index in [1.165, 1.54) is 73.3 Å².